The van der Waals surface area contributed by atoms with Gasteiger partial charge in [0.25, 0.3) is 0 Å². The number of sulfone groups is 1. The zero-order chi connectivity index (χ0) is 15.3. The minimum absolute atomic E-state index is 0.0253. The molecule has 2 unspecified atom stereocenters. The summed E-state index contributed by atoms with van der Waals surface area (Å²) in [6, 6.07) is -0.395. The van der Waals surface area contributed by atoms with Crippen LogP contribution in [0.25, 0.3) is 0 Å². The number of carbonyl (C=O) groups excluding carboxylic acids is 1. The van der Waals surface area contributed by atoms with Crippen molar-refractivity contribution in [3.63, 3.8) is 0 Å². The molecule has 1 fully saturated rings. The quantitative estimate of drug-likeness (QED) is 0.708. The van der Waals surface area contributed by atoms with E-state index in [4.69, 9.17) is 5.11 Å². The lowest BCUT2D eigenvalue weighted by atomic mass is 10.0. The van der Waals surface area contributed by atoms with Crippen LogP contribution in [0.2, 0.25) is 0 Å². The van der Waals surface area contributed by atoms with Gasteiger partial charge in [-0.3, -0.25) is 9.59 Å². The molecule has 2 N–H and O–H groups in total. The smallest absolute Gasteiger partial charge is 0.305 e. The van der Waals surface area contributed by atoms with Crippen molar-refractivity contribution in [2.45, 2.75) is 38.0 Å². The van der Waals surface area contributed by atoms with E-state index < -0.39 is 21.8 Å². The Labute approximate surface area is 123 Å². The maximum Gasteiger partial charge on any atom is 0.305 e. The van der Waals surface area contributed by atoms with Gasteiger partial charge < -0.3 is 10.4 Å². The number of rotatable bonds is 7. The molecule has 1 amide bonds. The van der Waals surface area contributed by atoms with Crippen LogP contribution in [0.3, 0.4) is 0 Å². The van der Waals surface area contributed by atoms with Crippen LogP contribution >= 0.6 is 11.8 Å². The molecule has 1 rings (SSSR count). The highest BCUT2D eigenvalue weighted by atomic mass is 32.2. The van der Waals surface area contributed by atoms with Gasteiger partial charge in [-0.05, 0) is 12.3 Å². The average molecular weight is 323 g/mol. The van der Waals surface area contributed by atoms with Crippen LogP contribution in [0.5, 0.6) is 0 Å². The Bertz CT molecular complexity index is 460. The fourth-order valence-electron chi connectivity index (χ4n) is 1.98. The van der Waals surface area contributed by atoms with Gasteiger partial charge in [-0.2, -0.15) is 0 Å². The highest BCUT2D eigenvalue weighted by Gasteiger charge is 2.29. The highest BCUT2D eigenvalue weighted by Crippen LogP contribution is 2.24. The normalized spacial score (nSPS) is 22.6. The van der Waals surface area contributed by atoms with Crippen LogP contribution in [-0.4, -0.2) is 54.0 Å². The maximum absolute atomic E-state index is 11.8. The number of hydrogen-bond donors (Lipinski definition) is 2. The van der Waals surface area contributed by atoms with Crippen molar-refractivity contribution < 1.29 is 23.1 Å². The Morgan fingerprint density at radius 3 is 2.50 bits per heavy atom. The molecule has 20 heavy (non-hydrogen) atoms. The van der Waals surface area contributed by atoms with Crippen molar-refractivity contribution in [2.24, 2.45) is 5.92 Å². The Balaban J connectivity index is 2.37. The molecular formula is C12H21NO5S2. The summed E-state index contributed by atoms with van der Waals surface area (Å²) < 4.78 is 22.6. The lowest BCUT2D eigenvalue weighted by Gasteiger charge is -2.20. The van der Waals surface area contributed by atoms with Gasteiger partial charge in [-0.25, -0.2) is 8.42 Å². The summed E-state index contributed by atoms with van der Waals surface area (Å²) in [5, 5.41) is 11.5. The number of nitrogens with one attached hydrogen (secondary N) is 1. The van der Waals surface area contributed by atoms with Crippen LogP contribution < -0.4 is 5.32 Å². The van der Waals surface area contributed by atoms with Gasteiger partial charge in [0.2, 0.25) is 5.91 Å². The molecule has 0 saturated carbocycles. The molecule has 0 aromatic heterocycles. The molecule has 1 aliphatic heterocycles. The SMILES string of the molecule is CC(C)C(CC(=O)O)NC(=O)CSC1CCS(=O)(=O)C1. The number of hydrogen-bond acceptors (Lipinski definition) is 5. The summed E-state index contributed by atoms with van der Waals surface area (Å²) >= 11 is 1.33. The summed E-state index contributed by atoms with van der Waals surface area (Å²) in [6.45, 7) is 3.70. The number of carboxylic acid groups (broad SMARTS) is 1. The largest absolute Gasteiger partial charge is 0.481 e. The zero-order valence-corrected chi connectivity index (χ0v) is 13.3. The van der Waals surface area contributed by atoms with Crippen LogP contribution in [-0.2, 0) is 19.4 Å². The molecule has 0 aromatic carbocycles. The van der Waals surface area contributed by atoms with E-state index >= 15 is 0 Å². The first-order chi connectivity index (χ1) is 9.19. The molecule has 0 aromatic rings. The lowest BCUT2D eigenvalue weighted by molar-refractivity contribution is -0.138. The molecule has 6 nitrogen and oxygen atoms in total. The van der Waals surface area contributed by atoms with E-state index in [0.717, 1.165) is 0 Å². The van der Waals surface area contributed by atoms with Crippen molar-refractivity contribution in [1.82, 2.24) is 5.32 Å². The monoisotopic (exact) mass is 323 g/mol. The van der Waals surface area contributed by atoms with Gasteiger partial charge in [-0.15, -0.1) is 11.8 Å². The van der Waals surface area contributed by atoms with Gasteiger partial charge in [0.05, 0.1) is 23.7 Å². The zero-order valence-electron chi connectivity index (χ0n) is 11.7. The lowest BCUT2D eigenvalue weighted by Crippen LogP contribution is -2.41. The maximum atomic E-state index is 11.8. The van der Waals surface area contributed by atoms with Gasteiger partial charge in [0, 0.05) is 11.3 Å². The Hall–Kier alpha value is -0.760. The predicted octanol–water partition coefficient (Wildman–Crippen LogP) is 0.522. The summed E-state index contributed by atoms with van der Waals surface area (Å²) in [7, 11) is -2.93. The van der Waals surface area contributed by atoms with E-state index in [2.05, 4.69) is 5.32 Å². The second kappa shape index (κ2) is 7.31. The van der Waals surface area contributed by atoms with Gasteiger partial charge in [0.15, 0.2) is 9.84 Å². The topological polar surface area (TPSA) is 101 Å². The van der Waals surface area contributed by atoms with Crippen molar-refractivity contribution >= 4 is 33.5 Å². The molecule has 0 radical (unpaired) electrons. The molecule has 1 aliphatic rings. The summed E-state index contributed by atoms with van der Waals surface area (Å²) in [4.78, 5) is 22.5. The number of thioether (sulfide) groups is 1. The van der Waals surface area contributed by atoms with Crippen LogP contribution in [0, 0.1) is 5.92 Å². The fourth-order valence-corrected chi connectivity index (χ4v) is 5.43. The number of aliphatic carboxylic acids is 1. The molecule has 1 heterocycles. The van der Waals surface area contributed by atoms with E-state index in [9.17, 15) is 18.0 Å². The van der Waals surface area contributed by atoms with Crippen molar-refractivity contribution in [3.8, 4) is 0 Å². The predicted molar refractivity (Wildman–Crippen MR) is 78.5 cm³/mol. The van der Waals surface area contributed by atoms with E-state index in [1.54, 1.807) is 0 Å². The second-order valence-corrected chi connectivity index (χ2v) is 8.87. The average Bonchev–Trinajstić information content (AvgIpc) is 2.65. The van der Waals surface area contributed by atoms with E-state index in [0.29, 0.717) is 6.42 Å². The third-order valence-electron chi connectivity index (χ3n) is 3.19. The van der Waals surface area contributed by atoms with Crippen molar-refractivity contribution in [3.05, 3.63) is 0 Å². The fraction of sp³-hybridized carbons (Fsp3) is 0.833. The molecule has 2 atom stereocenters. The van der Waals surface area contributed by atoms with E-state index in [-0.39, 0.29) is 40.8 Å². The van der Waals surface area contributed by atoms with Crippen LogP contribution in [0.15, 0.2) is 0 Å². The molecule has 0 spiro atoms. The molecule has 8 heteroatoms. The van der Waals surface area contributed by atoms with E-state index in [1.807, 2.05) is 13.8 Å². The number of carbonyl (C=O) groups is 2. The summed E-state index contributed by atoms with van der Waals surface area (Å²) in [5.41, 5.74) is 0. The molecule has 0 aliphatic carbocycles. The number of amides is 1. The molecule has 0 bridgehead atoms. The van der Waals surface area contributed by atoms with Gasteiger partial charge in [-0.1, -0.05) is 13.8 Å². The van der Waals surface area contributed by atoms with Gasteiger partial charge >= 0.3 is 5.97 Å². The minimum atomic E-state index is -2.93. The standard InChI is InChI=1S/C12H21NO5S2/c1-8(2)10(5-12(15)16)13-11(14)6-19-9-3-4-20(17,18)7-9/h8-10H,3-7H2,1-2H3,(H,13,14)(H,15,16). The van der Waals surface area contributed by atoms with Crippen LogP contribution in [0.1, 0.15) is 26.7 Å². The molecular weight excluding hydrogens is 302 g/mol. The molecule has 116 valence electrons. The first kappa shape index (κ1) is 17.3. The first-order valence-electron chi connectivity index (χ1n) is 6.53. The third kappa shape index (κ3) is 6.13. The summed E-state index contributed by atoms with van der Waals surface area (Å²) in [5.74, 6) is -0.652. The Morgan fingerprint density at radius 1 is 1.40 bits per heavy atom. The van der Waals surface area contributed by atoms with Crippen molar-refractivity contribution in [2.75, 3.05) is 17.3 Å². The Kier molecular flexibility index (Phi) is 6.32. The van der Waals surface area contributed by atoms with Crippen molar-refractivity contribution in [1.29, 1.82) is 0 Å². The third-order valence-corrected chi connectivity index (χ3v) is 6.47. The van der Waals surface area contributed by atoms with Gasteiger partial charge in [0.1, 0.15) is 0 Å². The first-order valence-corrected chi connectivity index (χ1v) is 9.40. The Morgan fingerprint density at radius 2 is 2.05 bits per heavy atom. The summed E-state index contributed by atoms with van der Waals surface area (Å²) in [6.07, 6.45) is 0.481. The minimum Gasteiger partial charge on any atom is -0.481 e. The van der Waals surface area contributed by atoms with Crippen LogP contribution in [0.4, 0.5) is 0 Å². The second-order valence-electron chi connectivity index (χ2n) is 5.35. The number of carboxylic acids is 1. The molecule has 1 saturated heterocycles. The highest BCUT2D eigenvalue weighted by molar-refractivity contribution is 8.02. The van der Waals surface area contributed by atoms with E-state index in [1.165, 1.54) is 11.8 Å².